The fraction of sp³-hybridized carbons (Fsp3) is 0.533. The van der Waals surface area contributed by atoms with Crippen LogP contribution < -0.4 is 0 Å². The van der Waals surface area contributed by atoms with Crippen molar-refractivity contribution < 1.29 is 13.6 Å². The minimum atomic E-state index is -0.663. The molecule has 0 bridgehead atoms. The van der Waals surface area contributed by atoms with E-state index in [1.54, 1.807) is 0 Å². The summed E-state index contributed by atoms with van der Waals surface area (Å²) in [5, 5.41) is 0. The van der Waals surface area contributed by atoms with E-state index in [0.717, 1.165) is 19.2 Å². The number of halogens is 2. The number of likely N-dealkylation sites (N-methyl/N-ethyl adjacent to an activating group) is 1. The average molecular weight is 269 g/mol. The Kier molecular flexibility index (Phi) is 5.18. The molecule has 0 heterocycles. The highest BCUT2D eigenvalue weighted by molar-refractivity contribution is 5.89. The number of carbonyl (C=O) groups excluding carboxylic acids is 1. The van der Waals surface area contributed by atoms with Crippen molar-refractivity contribution in [2.75, 3.05) is 13.1 Å². The molecule has 1 aromatic carbocycles. The molecule has 0 spiro atoms. The van der Waals surface area contributed by atoms with E-state index in [4.69, 9.17) is 0 Å². The summed E-state index contributed by atoms with van der Waals surface area (Å²) < 4.78 is 26.4. The molecule has 0 aliphatic heterocycles. The fourth-order valence-corrected chi connectivity index (χ4v) is 2.24. The maximum absolute atomic E-state index is 13.6. The van der Waals surface area contributed by atoms with Crippen LogP contribution in [0.1, 0.15) is 33.3 Å². The Bertz CT molecular complexity index is 453. The normalized spacial score (nSPS) is 11.9. The number of benzene rings is 1. The molecule has 0 aliphatic carbocycles. The van der Waals surface area contributed by atoms with Crippen molar-refractivity contribution in [3.63, 3.8) is 0 Å². The lowest BCUT2D eigenvalue weighted by molar-refractivity contribution is -0.128. The first-order valence-electron chi connectivity index (χ1n) is 6.55. The van der Waals surface area contributed by atoms with Gasteiger partial charge in [-0.2, -0.15) is 0 Å². The highest BCUT2D eigenvalue weighted by Crippen LogP contribution is 2.19. The fourth-order valence-electron chi connectivity index (χ4n) is 2.24. The summed E-state index contributed by atoms with van der Waals surface area (Å²) in [5.74, 6) is -1.36. The zero-order chi connectivity index (χ0) is 14.6. The molecule has 1 rings (SSSR count). The molecule has 4 heteroatoms. The van der Waals surface area contributed by atoms with Crippen LogP contribution in [0.4, 0.5) is 8.78 Å². The van der Waals surface area contributed by atoms with Crippen molar-refractivity contribution >= 4 is 5.78 Å². The Morgan fingerprint density at radius 3 is 2.26 bits per heavy atom. The number of nitrogens with zero attached hydrogens (tertiary/aromatic N) is 1. The van der Waals surface area contributed by atoms with Gasteiger partial charge in [-0.05, 0) is 38.6 Å². The van der Waals surface area contributed by atoms with Crippen molar-refractivity contribution in [1.29, 1.82) is 0 Å². The minimum absolute atomic E-state index is 0.0182. The van der Waals surface area contributed by atoms with E-state index in [2.05, 4.69) is 0 Å². The Labute approximate surface area is 113 Å². The number of rotatable bonds is 6. The van der Waals surface area contributed by atoms with Crippen LogP contribution >= 0.6 is 0 Å². The van der Waals surface area contributed by atoms with Crippen molar-refractivity contribution in [2.24, 2.45) is 0 Å². The molecule has 0 N–H and O–H groups in total. The van der Waals surface area contributed by atoms with Crippen LogP contribution in [0.2, 0.25) is 0 Å². The monoisotopic (exact) mass is 269 g/mol. The second-order valence-corrected chi connectivity index (χ2v) is 5.07. The Morgan fingerprint density at radius 2 is 1.79 bits per heavy atom. The van der Waals surface area contributed by atoms with E-state index in [9.17, 15) is 13.6 Å². The topological polar surface area (TPSA) is 20.3 Å². The Morgan fingerprint density at radius 1 is 1.21 bits per heavy atom. The molecule has 0 unspecified atom stereocenters. The maximum atomic E-state index is 13.6. The second kappa shape index (κ2) is 6.24. The highest BCUT2D eigenvalue weighted by Gasteiger charge is 2.32. The summed E-state index contributed by atoms with van der Waals surface area (Å²) in [5.41, 5.74) is -0.406. The van der Waals surface area contributed by atoms with Crippen molar-refractivity contribution in [1.82, 2.24) is 4.90 Å². The SMILES string of the molecule is CCN(CC)C(C)(C)C(=O)Cc1ccc(F)cc1F. The molecule has 19 heavy (non-hydrogen) atoms. The molecule has 0 aromatic heterocycles. The first-order chi connectivity index (χ1) is 8.82. The van der Waals surface area contributed by atoms with Crippen molar-refractivity contribution in [2.45, 2.75) is 39.7 Å². The van der Waals surface area contributed by atoms with Gasteiger partial charge in [0.05, 0.1) is 5.54 Å². The van der Waals surface area contributed by atoms with Crippen LogP contribution in [0.3, 0.4) is 0 Å². The van der Waals surface area contributed by atoms with Gasteiger partial charge >= 0.3 is 0 Å². The second-order valence-electron chi connectivity index (χ2n) is 5.07. The van der Waals surface area contributed by atoms with Gasteiger partial charge in [0.15, 0.2) is 5.78 Å². The van der Waals surface area contributed by atoms with Gasteiger partial charge in [-0.25, -0.2) is 8.78 Å². The van der Waals surface area contributed by atoms with Crippen LogP contribution in [0.5, 0.6) is 0 Å². The molecular weight excluding hydrogens is 248 g/mol. The first-order valence-corrected chi connectivity index (χ1v) is 6.55. The van der Waals surface area contributed by atoms with Gasteiger partial charge in [0.25, 0.3) is 0 Å². The molecule has 0 fully saturated rings. The quantitative estimate of drug-likeness (QED) is 0.790. The number of hydrogen-bond donors (Lipinski definition) is 0. The summed E-state index contributed by atoms with van der Waals surface area (Å²) in [6, 6.07) is 3.32. The van der Waals surface area contributed by atoms with Gasteiger partial charge in [-0.15, -0.1) is 0 Å². The van der Waals surface area contributed by atoms with Crippen LogP contribution in [-0.2, 0) is 11.2 Å². The van der Waals surface area contributed by atoms with Gasteiger partial charge in [0.2, 0.25) is 0 Å². The first kappa shape index (κ1) is 15.8. The van der Waals surface area contributed by atoms with E-state index in [1.165, 1.54) is 12.1 Å². The maximum Gasteiger partial charge on any atom is 0.156 e. The Balaban J connectivity index is 2.89. The number of hydrogen-bond acceptors (Lipinski definition) is 2. The van der Waals surface area contributed by atoms with Crippen molar-refractivity contribution in [3.05, 3.63) is 35.4 Å². The largest absolute Gasteiger partial charge is 0.297 e. The van der Waals surface area contributed by atoms with E-state index in [0.29, 0.717) is 0 Å². The van der Waals surface area contributed by atoms with E-state index in [1.807, 2.05) is 32.6 Å². The molecule has 0 saturated carbocycles. The predicted molar refractivity (Wildman–Crippen MR) is 72.1 cm³/mol. The third kappa shape index (κ3) is 3.60. The van der Waals surface area contributed by atoms with Crippen molar-refractivity contribution in [3.8, 4) is 0 Å². The van der Waals surface area contributed by atoms with E-state index < -0.39 is 17.2 Å². The molecule has 106 valence electrons. The number of ketones is 1. The van der Waals surface area contributed by atoms with Crippen LogP contribution in [0.15, 0.2) is 18.2 Å². The van der Waals surface area contributed by atoms with Crippen LogP contribution in [-0.4, -0.2) is 29.3 Å². The molecule has 2 nitrogen and oxygen atoms in total. The zero-order valence-corrected chi connectivity index (χ0v) is 12.0. The summed E-state index contributed by atoms with van der Waals surface area (Å²) in [7, 11) is 0. The lowest BCUT2D eigenvalue weighted by Gasteiger charge is -2.35. The van der Waals surface area contributed by atoms with Gasteiger partial charge < -0.3 is 0 Å². The third-order valence-electron chi connectivity index (χ3n) is 3.60. The summed E-state index contributed by atoms with van der Waals surface area (Å²) >= 11 is 0. The molecule has 0 saturated heterocycles. The summed E-state index contributed by atoms with van der Waals surface area (Å²) in [6.07, 6.45) is -0.0182. The van der Waals surface area contributed by atoms with E-state index >= 15 is 0 Å². The Hall–Kier alpha value is -1.29. The molecular formula is C15H21F2NO. The van der Waals surface area contributed by atoms with Crippen LogP contribution in [0, 0.1) is 11.6 Å². The highest BCUT2D eigenvalue weighted by atomic mass is 19.1. The smallest absolute Gasteiger partial charge is 0.156 e. The average Bonchev–Trinajstić information content (AvgIpc) is 2.33. The van der Waals surface area contributed by atoms with Gasteiger partial charge in [-0.3, -0.25) is 9.69 Å². The number of carbonyl (C=O) groups is 1. The molecule has 0 radical (unpaired) electrons. The standard InChI is InChI=1S/C15H21F2NO/c1-5-18(6-2)15(3,4)14(19)9-11-7-8-12(16)10-13(11)17/h7-8,10H,5-6,9H2,1-4H3. The van der Waals surface area contributed by atoms with Gasteiger partial charge in [0, 0.05) is 12.5 Å². The van der Waals surface area contributed by atoms with E-state index in [-0.39, 0.29) is 17.8 Å². The molecule has 0 atom stereocenters. The third-order valence-corrected chi connectivity index (χ3v) is 3.60. The lowest BCUT2D eigenvalue weighted by Crippen LogP contribution is -2.50. The predicted octanol–water partition coefficient (Wildman–Crippen LogP) is 3.20. The number of Topliss-reactive ketones (excluding diaryl/α,β-unsaturated/α-hetero) is 1. The molecule has 0 amide bonds. The van der Waals surface area contributed by atoms with Gasteiger partial charge in [0.1, 0.15) is 11.6 Å². The summed E-state index contributed by atoms with van der Waals surface area (Å²) in [4.78, 5) is 14.4. The van der Waals surface area contributed by atoms with Crippen LogP contribution in [0.25, 0.3) is 0 Å². The molecule has 0 aliphatic rings. The molecule has 1 aromatic rings. The minimum Gasteiger partial charge on any atom is -0.297 e. The lowest BCUT2D eigenvalue weighted by atomic mass is 9.91. The van der Waals surface area contributed by atoms with Gasteiger partial charge in [-0.1, -0.05) is 19.9 Å². The zero-order valence-electron chi connectivity index (χ0n) is 12.0. The summed E-state index contributed by atoms with van der Waals surface area (Å²) in [6.45, 7) is 9.14.